The van der Waals surface area contributed by atoms with E-state index in [9.17, 15) is 9.59 Å². The Hall–Kier alpha value is -1.58. The fraction of sp³-hybridized carbons (Fsp3) is 0.684. The van der Waals surface area contributed by atoms with Gasteiger partial charge in [-0.1, -0.05) is 50.5 Å². The Bertz CT molecular complexity index is 358. The minimum atomic E-state index is -0.774. The van der Waals surface area contributed by atoms with Gasteiger partial charge < -0.3 is 9.84 Å². The largest absolute Gasteiger partial charge is 0.481 e. The molecule has 0 fully saturated rings. The Morgan fingerprint density at radius 2 is 1.57 bits per heavy atom. The minimum Gasteiger partial charge on any atom is -0.481 e. The summed E-state index contributed by atoms with van der Waals surface area (Å²) in [4.78, 5) is 21.8. The zero-order valence-corrected chi connectivity index (χ0v) is 14.5. The average Bonchev–Trinajstić information content (AvgIpc) is 2.52. The molecule has 0 saturated heterocycles. The summed E-state index contributed by atoms with van der Waals surface area (Å²) >= 11 is 0. The van der Waals surface area contributed by atoms with Gasteiger partial charge >= 0.3 is 11.9 Å². The summed E-state index contributed by atoms with van der Waals surface area (Å²) < 4.78 is 5.09. The van der Waals surface area contributed by atoms with Crippen molar-refractivity contribution in [1.82, 2.24) is 0 Å². The van der Waals surface area contributed by atoms with Gasteiger partial charge in [-0.15, -0.1) is 0 Å². The molecule has 0 amide bonds. The highest BCUT2D eigenvalue weighted by atomic mass is 16.5. The monoisotopic (exact) mass is 324 g/mol. The first-order valence-corrected chi connectivity index (χ1v) is 8.86. The molecule has 0 heterocycles. The first-order valence-electron chi connectivity index (χ1n) is 8.86. The van der Waals surface area contributed by atoms with Gasteiger partial charge in [0.1, 0.15) is 0 Å². The normalized spacial score (nSPS) is 11.3. The van der Waals surface area contributed by atoms with Crippen LogP contribution in [-0.2, 0) is 14.3 Å². The van der Waals surface area contributed by atoms with E-state index in [4.69, 9.17) is 9.84 Å². The van der Waals surface area contributed by atoms with Gasteiger partial charge in [-0.05, 0) is 38.5 Å². The highest BCUT2D eigenvalue weighted by Gasteiger charge is 2.01. The molecule has 0 aromatic heterocycles. The summed E-state index contributed by atoms with van der Waals surface area (Å²) in [5, 5.41) is 8.48. The highest BCUT2D eigenvalue weighted by Crippen LogP contribution is 2.04. The van der Waals surface area contributed by atoms with Crippen molar-refractivity contribution < 1.29 is 19.4 Å². The van der Waals surface area contributed by atoms with Gasteiger partial charge in [-0.2, -0.15) is 0 Å². The molecular formula is C19H32O4. The summed E-state index contributed by atoms with van der Waals surface area (Å²) in [6.07, 6.45) is 17.8. The van der Waals surface area contributed by atoms with Gasteiger partial charge in [-0.3, -0.25) is 9.59 Å². The molecule has 0 saturated carbocycles. The van der Waals surface area contributed by atoms with E-state index < -0.39 is 5.97 Å². The van der Waals surface area contributed by atoms with E-state index in [1.54, 1.807) is 0 Å². The van der Waals surface area contributed by atoms with E-state index in [0.29, 0.717) is 25.9 Å². The van der Waals surface area contributed by atoms with Crippen LogP contribution in [0, 0.1) is 0 Å². The van der Waals surface area contributed by atoms with E-state index in [1.807, 2.05) is 18.2 Å². The fourth-order valence-corrected chi connectivity index (χ4v) is 2.05. The van der Waals surface area contributed by atoms with Crippen molar-refractivity contribution in [3.63, 3.8) is 0 Å². The molecule has 0 radical (unpaired) electrons. The molecule has 0 aromatic rings. The summed E-state index contributed by atoms with van der Waals surface area (Å²) in [5.41, 5.74) is 0. The number of hydrogen-bond donors (Lipinski definition) is 1. The van der Waals surface area contributed by atoms with Gasteiger partial charge in [0.25, 0.3) is 0 Å². The molecule has 4 heteroatoms. The summed E-state index contributed by atoms with van der Waals surface area (Å²) in [7, 11) is 0. The Morgan fingerprint density at radius 1 is 0.870 bits per heavy atom. The number of ether oxygens (including phenoxy) is 1. The SMILES string of the molecule is CCCCCCC=CC=CCCC(=O)OCCCCCC(=O)O. The molecule has 0 aliphatic carbocycles. The van der Waals surface area contributed by atoms with E-state index in [0.717, 1.165) is 19.3 Å². The topological polar surface area (TPSA) is 63.6 Å². The van der Waals surface area contributed by atoms with E-state index in [1.165, 1.54) is 25.7 Å². The summed E-state index contributed by atoms with van der Waals surface area (Å²) in [6, 6.07) is 0. The van der Waals surface area contributed by atoms with Gasteiger partial charge in [0, 0.05) is 12.8 Å². The molecule has 0 aliphatic rings. The van der Waals surface area contributed by atoms with Crippen LogP contribution < -0.4 is 0 Å². The average molecular weight is 324 g/mol. The van der Waals surface area contributed by atoms with E-state index in [-0.39, 0.29) is 12.4 Å². The van der Waals surface area contributed by atoms with Crippen molar-refractivity contribution in [2.45, 2.75) is 77.6 Å². The molecule has 0 rings (SSSR count). The smallest absolute Gasteiger partial charge is 0.306 e. The Balaban J connectivity index is 3.39. The van der Waals surface area contributed by atoms with Crippen LogP contribution in [0.5, 0.6) is 0 Å². The molecule has 1 N–H and O–H groups in total. The molecule has 0 aromatic carbocycles. The number of unbranched alkanes of at least 4 members (excludes halogenated alkanes) is 6. The number of hydrogen-bond acceptors (Lipinski definition) is 3. The first-order chi connectivity index (χ1) is 11.2. The standard InChI is InChI=1S/C19H32O4/c1-2-3-4-5-6-7-8-9-10-13-16-19(22)23-17-14-11-12-15-18(20)21/h7-10H,2-6,11-17H2,1H3,(H,20,21). The van der Waals surface area contributed by atoms with Crippen molar-refractivity contribution in [2.75, 3.05) is 6.61 Å². The third-order valence-corrected chi connectivity index (χ3v) is 3.42. The van der Waals surface area contributed by atoms with Crippen LogP contribution in [0.1, 0.15) is 77.6 Å². The summed E-state index contributed by atoms with van der Waals surface area (Å²) in [5.74, 6) is -0.958. The van der Waals surface area contributed by atoms with Crippen LogP contribution in [0.15, 0.2) is 24.3 Å². The van der Waals surface area contributed by atoms with Crippen molar-refractivity contribution >= 4 is 11.9 Å². The van der Waals surface area contributed by atoms with Crippen LogP contribution in [0.2, 0.25) is 0 Å². The Morgan fingerprint density at radius 3 is 2.26 bits per heavy atom. The number of carboxylic acids is 1. The Kier molecular flexibility index (Phi) is 15.6. The molecule has 132 valence electrons. The molecule has 0 atom stereocenters. The predicted molar refractivity (Wildman–Crippen MR) is 93.3 cm³/mol. The van der Waals surface area contributed by atoms with Crippen molar-refractivity contribution in [3.05, 3.63) is 24.3 Å². The van der Waals surface area contributed by atoms with E-state index >= 15 is 0 Å². The van der Waals surface area contributed by atoms with Gasteiger partial charge in [0.2, 0.25) is 0 Å². The molecule has 0 aliphatic heterocycles. The van der Waals surface area contributed by atoms with Crippen molar-refractivity contribution in [1.29, 1.82) is 0 Å². The van der Waals surface area contributed by atoms with Crippen LogP contribution in [0.3, 0.4) is 0 Å². The maximum Gasteiger partial charge on any atom is 0.306 e. The first kappa shape index (κ1) is 21.4. The van der Waals surface area contributed by atoms with Crippen molar-refractivity contribution in [2.24, 2.45) is 0 Å². The second-order valence-corrected chi connectivity index (χ2v) is 5.67. The third-order valence-electron chi connectivity index (χ3n) is 3.42. The maximum atomic E-state index is 11.5. The number of allylic oxidation sites excluding steroid dienone is 4. The number of carboxylic acid groups (broad SMARTS) is 1. The van der Waals surface area contributed by atoms with Crippen LogP contribution in [0.25, 0.3) is 0 Å². The zero-order chi connectivity index (χ0) is 17.2. The van der Waals surface area contributed by atoms with Crippen LogP contribution >= 0.6 is 0 Å². The number of aliphatic carboxylic acids is 1. The summed E-state index contributed by atoms with van der Waals surface area (Å²) in [6.45, 7) is 2.60. The lowest BCUT2D eigenvalue weighted by Crippen LogP contribution is -2.05. The minimum absolute atomic E-state index is 0.184. The molecule has 0 bridgehead atoms. The molecule has 23 heavy (non-hydrogen) atoms. The predicted octanol–water partition coefficient (Wildman–Crippen LogP) is 5.04. The number of rotatable bonds is 15. The fourth-order valence-electron chi connectivity index (χ4n) is 2.05. The van der Waals surface area contributed by atoms with Crippen LogP contribution in [0.4, 0.5) is 0 Å². The molecular weight excluding hydrogens is 292 g/mol. The second kappa shape index (κ2) is 16.8. The molecule has 4 nitrogen and oxygen atoms in total. The zero-order valence-electron chi connectivity index (χ0n) is 14.5. The molecule has 0 unspecified atom stereocenters. The number of carbonyl (C=O) groups is 2. The number of esters is 1. The van der Waals surface area contributed by atoms with E-state index in [2.05, 4.69) is 13.0 Å². The number of carbonyl (C=O) groups excluding carboxylic acids is 1. The van der Waals surface area contributed by atoms with Crippen molar-refractivity contribution in [3.8, 4) is 0 Å². The lowest BCUT2D eigenvalue weighted by atomic mass is 10.1. The van der Waals surface area contributed by atoms with Gasteiger partial charge in [0.15, 0.2) is 0 Å². The Labute approximate surface area is 140 Å². The van der Waals surface area contributed by atoms with Gasteiger partial charge in [0.05, 0.1) is 6.61 Å². The molecule has 0 spiro atoms. The lowest BCUT2D eigenvalue weighted by Gasteiger charge is -2.03. The highest BCUT2D eigenvalue weighted by molar-refractivity contribution is 5.69. The van der Waals surface area contributed by atoms with Crippen LogP contribution in [-0.4, -0.2) is 23.7 Å². The quantitative estimate of drug-likeness (QED) is 0.260. The second-order valence-electron chi connectivity index (χ2n) is 5.67. The lowest BCUT2D eigenvalue weighted by molar-refractivity contribution is -0.144. The third kappa shape index (κ3) is 18.4. The maximum absolute atomic E-state index is 11.5. The van der Waals surface area contributed by atoms with Gasteiger partial charge in [-0.25, -0.2) is 0 Å².